The highest BCUT2D eigenvalue weighted by Gasteiger charge is 2.32. The van der Waals surface area contributed by atoms with Gasteiger partial charge in [0.25, 0.3) is 0 Å². The van der Waals surface area contributed by atoms with Crippen molar-refractivity contribution >= 4 is 11.8 Å². The molecule has 0 aromatic heterocycles. The van der Waals surface area contributed by atoms with E-state index in [1.165, 1.54) is 18.4 Å². The topological polar surface area (TPSA) is 49.4 Å². The van der Waals surface area contributed by atoms with E-state index in [0.29, 0.717) is 12.5 Å². The van der Waals surface area contributed by atoms with E-state index >= 15 is 0 Å². The van der Waals surface area contributed by atoms with Crippen LogP contribution in [-0.4, -0.2) is 35.8 Å². The molecule has 1 saturated heterocycles. The standard InChI is InChI=1S/C15H24N2O2/c1-11(2)9-13-15(19)17(10-14(18)16-13)8-7-12-5-3-4-6-12/h5,11,13H,3-4,6-10H2,1-2H3,(H,16,18). The first-order valence-corrected chi connectivity index (χ1v) is 7.32. The largest absolute Gasteiger partial charge is 0.343 e. The highest BCUT2D eigenvalue weighted by Crippen LogP contribution is 2.21. The molecule has 0 aromatic carbocycles. The maximum absolute atomic E-state index is 12.3. The van der Waals surface area contributed by atoms with E-state index in [0.717, 1.165) is 19.3 Å². The van der Waals surface area contributed by atoms with Crippen LogP contribution < -0.4 is 5.32 Å². The molecule has 2 aliphatic rings. The highest BCUT2D eigenvalue weighted by atomic mass is 16.2. The molecule has 2 amide bonds. The third-order valence-corrected chi connectivity index (χ3v) is 3.82. The molecule has 19 heavy (non-hydrogen) atoms. The molecule has 1 aliphatic heterocycles. The van der Waals surface area contributed by atoms with Gasteiger partial charge >= 0.3 is 0 Å². The minimum absolute atomic E-state index is 0.0225. The molecule has 1 N–H and O–H groups in total. The number of piperazine rings is 1. The normalized spacial score (nSPS) is 23.8. The van der Waals surface area contributed by atoms with Gasteiger partial charge in [0.15, 0.2) is 0 Å². The number of nitrogens with zero attached hydrogens (tertiary/aromatic N) is 1. The fraction of sp³-hybridized carbons (Fsp3) is 0.733. The monoisotopic (exact) mass is 264 g/mol. The molecule has 0 saturated carbocycles. The fourth-order valence-electron chi connectivity index (χ4n) is 2.84. The first kappa shape index (κ1) is 14.1. The van der Waals surface area contributed by atoms with E-state index in [4.69, 9.17) is 0 Å². The molecule has 0 radical (unpaired) electrons. The Bertz CT molecular complexity index is 388. The number of rotatable bonds is 5. The predicted octanol–water partition coefficient (Wildman–Crippen LogP) is 1.86. The molecule has 0 spiro atoms. The number of allylic oxidation sites excluding steroid dienone is 1. The number of amides is 2. The van der Waals surface area contributed by atoms with Gasteiger partial charge in [0.2, 0.25) is 11.8 Å². The third-order valence-electron chi connectivity index (χ3n) is 3.82. The molecule has 1 unspecified atom stereocenters. The molecular formula is C15H24N2O2. The van der Waals surface area contributed by atoms with E-state index in [9.17, 15) is 9.59 Å². The Morgan fingerprint density at radius 3 is 2.84 bits per heavy atom. The van der Waals surface area contributed by atoms with Crippen LogP contribution in [0.5, 0.6) is 0 Å². The molecule has 1 fully saturated rings. The predicted molar refractivity (Wildman–Crippen MR) is 74.5 cm³/mol. The van der Waals surface area contributed by atoms with E-state index < -0.39 is 0 Å². The zero-order chi connectivity index (χ0) is 13.8. The fourth-order valence-corrected chi connectivity index (χ4v) is 2.84. The van der Waals surface area contributed by atoms with Gasteiger partial charge in [-0.25, -0.2) is 0 Å². The lowest BCUT2D eigenvalue weighted by Gasteiger charge is -2.33. The van der Waals surface area contributed by atoms with Gasteiger partial charge in [0.1, 0.15) is 6.04 Å². The average Bonchev–Trinajstić information content (AvgIpc) is 2.84. The minimum atomic E-state index is -0.321. The molecule has 106 valence electrons. The van der Waals surface area contributed by atoms with Crippen molar-refractivity contribution in [1.82, 2.24) is 10.2 Å². The van der Waals surface area contributed by atoms with E-state index in [-0.39, 0.29) is 24.4 Å². The second kappa shape index (κ2) is 6.22. The van der Waals surface area contributed by atoms with Crippen molar-refractivity contribution in [2.24, 2.45) is 5.92 Å². The van der Waals surface area contributed by atoms with Crippen molar-refractivity contribution < 1.29 is 9.59 Å². The summed E-state index contributed by atoms with van der Waals surface area (Å²) in [5.74, 6) is 0.476. The second-order valence-corrected chi connectivity index (χ2v) is 6.01. The summed E-state index contributed by atoms with van der Waals surface area (Å²) in [5.41, 5.74) is 1.44. The number of carbonyl (C=O) groups excluding carboxylic acids is 2. The summed E-state index contributed by atoms with van der Waals surface area (Å²) >= 11 is 0. The molecule has 1 atom stereocenters. The van der Waals surface area contributed by atoms with E-state index in [1.54, 1.807) is 4.90 Å². The minimum Gasteiger partial charge on any atom is -0.343 e. The van der Waals surface area contributed by atoms with Crippen LogP contribution in [0, 0.1) is 5.92 Å². The lowest BCUT2D eigenvalue weighted by atomic mass is 10.0. The van der Waals surface area contributed by atoms with Gasteiger partial charge in [-0.3, -0.25) is 9.59 Å². The van der Waals surface area contributed by atoms with Crippen molar-refractivity contribution in [1.29, 1.82) is 0 Å². The van der Waals surface area contributed by atoms with Crippen molar-refractivity contribution in [3.05, 3.63) is 11.6 Å². The zero-order valence-corrected chi connectivity index (χ0v) is 11.9. The molecule has 2 rings (SSSR count). The first-order valence-electron chi connectivity index (χ1n) is 7.32. The van der Waals surface area contributed by atoms with Gasteiger partial charge in [-0.15, -0.1) is 0 Å². The maximum Gasteiger partial charge on any atom is 0.245 e. The van der Waals surface area contributed by atoms with Crippen molar-refractivity contribution in [3.8, 4) is 0 Å². The van der Waals surface area contributed by atoms with E-state index in [1.807, 2.05) is 0 Å². The Labute approximate surface area is 115 Å². The van der Waals surface area contributed by atoms with Gasteiger partial charge in [0, 0.05) is 6.54 Å². The van der Waals surface area contributed by atoms with Crippen LogP contribution >= 0.6 is 0 Å². The van der Waals surface area contributed by atoms with Crippen LogP contribution in [0.15, 0.2) is 11.6 Å². The SMILES string of the molecule is CC(C)CC1NC(=O)CN(CCC2=CCCC2)C1=O. The Morgan fingerprint density at radius 1 is 1.42 bits per heavy atom. The second-order valence-electron chi connectivity index (χ2n) is 6.01. The molecule has 0 bridgehead atoms. The zero-order valence-electron chi connectivity index (χ0n) is 11.9. The van der Waals surface area contributed by atoms with Gasteiger partial charge < -0.3 is 10.2 Å². The van der Waals surface area contributed by atoms with Gasteiger partial charge in [-0.2, -0.15) is 0 Å². The highest BCUT2D eigenvalue weighted by molar-refractivity contribution is 5.94. The van der Waals surface area contributed by atoms with Crippen LogP contribution in [-0.2, 0) is 9.59 Å². The summed E-state index contributed by atoms with van der Waals surface area (Å²) in [5, 5.41) is 2.81. The Hall–Kier alpha value is -1.32. The van der Waals surface area contributed by atoms with Crippen molar-refractivity contribution in [2.75, 3.05) is 13.1 Å². The molecular weight excluding hydrogens is 240 g/mol. The summed E-state index contributed by atoms with van der Waals surface area (Å²) in [6.07, 6.45) is 7.49. The smallest absolute Gasteiger partial charge is 0.245 e. The van der Waals surface area contributed by atoms with Gasteiger partial charge in [-0.05, 0) is 38.0 Å². The first-order chi connectivity index (χ1) is 9.06. The third kappa shape index (κ3) is 3.82. The van der Waals surface area contributed by atoms with Crippen molar-refractivity contribution in [3.63, 3.8) is 0 Å². The summed E-state index contributed by atoms with van der Waals surface area (Å²) in [6.45, 7) is 5.05. The lowest BCUT2D eigenvalue weighted by molar-refractivity contribution is -0.144. The Balaban J connectivity index is 1.90. The van der Waals surface area contributed by atoms with Gasteiger partial charge in [-0.1, -0.05) is 25.5 Å². The Kier molecular flexibility index (Phi) is 4.61. The number of hydrogen-bond acceptors (Lipinski definition) is 2. The summed E-state index contributed by atoms with van der Waals surface area (Å²) < 4.78 is 0. The average molecular weight is 264 g/mol. The van der Waals surface area contributed by atoms with Crippen LogP contribution in [0.2, 0.25) is 0 Å². The molecule has 1 aliphatic carbocycles. The quantitative estimate of drug-likeness (QED) is 0.771. The van der Waals surface area contributed by atoms with E-state index in [2.05, 4.69) is 25.2 Å². The molecule has 1 heterocycles. The van der Waals surface area contributed by atoms with Crippen LogP contribution in [0.1, 0.15) is 46.0 Å². The van der Waals surface area contributed by atoms with Crippen LogP contribution in [0.25, 0.3) is 0 Å². The number of hydrogen-bond donors (Lipinski definition) is 1. The molecule has 4 heteroatoms. The van der Waals surface area contributed by atoms with Gasteiger partial charge in [0.05, 0.1) is 6.54 Å². The Morgan fingerprint density at radius 2 is 2.21 bits per heavy atom. The summed E-state index contributed by atoms with van der Waals surface area (Å²) in [4.78, 5) is 25.7. The molecule has 0 aromatic rings. The maximum atomic E-state index is 12.3. The number of nitrogens with one attached hydrogen (secondary N) is 1. The summed E-state index contributed by atoms with van der Waals surface area (Å²) in [6, 6.07) is -0.321. The van der Waals surface area contributed by atoms with Crippen LogP contribution in [0.4, 0.5) is 0 Å². The summed E-state index contributed by atoms with van der Waals surface area (Å²) in [7, 11) is 0. The molecule has 4 nitrogen and oxygen atoms in total. The lowest BCUT2D eigenvalue weighted by Crippen LogP contribution is -2.58. The van der Waals surface area contributed by atoms with Crippen LogP contribution in [0.3, 0.4) is 0 Å². The van der Waals surface area contributed by atoms with Crippen molar-refractivity contribution in [2.45, 2.75) is 52.0 Å². The number of carbonyl (C=O) groups is 2.